The number of hydrogen-bond acceptors (Lipinski definition) is 3. The number of aromatic nitrogens is 1. The minimum atomic E-state index is -4.47. The van der Waals surface area contributed by atoms with E-state index in [-0.39, 0.29) is 9.47 Å². The van der Waals surface area contributed by atoms with Crippen LogP contribution in [0.5, 0.6) is 0 Å². The standard InChI is InChI=1S/C6H6ClF3N2S/c1-2-11-5-12-3(4(7)13-5)6(8,9)10/h2H2,1H3,(H,11,12). The molecular formula is C6H6ClF3N2S. The predicted molar refractivity (Wildman–Crippen MR) is 46.3 cm³/mol. The van der Waals surface area contributed by atoms with Gasteiger partial charge in [-0.2, -0.15) is 13.2 Å². The van der Waals surface area contributed by atoms with E-state index >= 15 is 0 Å². The maximum atomic E-state index is 12.1. The monoisotopic (exact) mass is 230 g/mol. The summed E-state index contributed by atoms with van der Waals surface area (Å²) < 4.78 is 36.1. The second kappa shape index (κ2) is 3.71. The number of anilines is 1. The van der Waals surface area contributed by atoms with Gasteiger partial charge in [-0.05, 0) is 6.92 Å². The van der Waals surface area contributed by atoms with E-state index in [1.165, 1.54) is 0 Å². The normalized spacial score (nSPS) is 11.8. The van der Waals surface area contributed by atoms with Gasteiger partial charge >= 0.3 is 6.18 Å². The molecule has 0 radical (unpaired) electrons. The molecule has 7 heteroatoms. The van der Waals surface area contributed by atoms with Crippen molar-refractivity contribution in [3.8, 4) is 0 Å². The van der Waals surface area contributed by atoms with Crippen LogP contribution in [0.3, 0.4) is 0 Å². The van der Waals surface area contributed by atoms with E-state index in [1.807, 2.05) is 0 Å². The zero-order chi connectivity index (χ0) is 10.1. The molecule has 0 spiro atoms. The molecule has 0 aliphatic carbocycles. The SMILES string of the molecule is CCNc1nc(C(F)(F)F)c(Cl)s1. The van der Waals surface area contributed by atoms with Gasteiger partial charge in [-0.3, -0.25) is 0 Å². The predicted octanol–water partition coefficient (Wildman–Crippen LogP) is 3.25. The Bertz CT molecular complexity index is 297. The zero-order valence-electron chi connectivity index (χ0n) is 6.57. The molecule has 0 saturated carbocycles. The highest BCUT2D eigenvalue weighted by Crippen LogP contribution is 2.38. The molecule has 13 heavy (non-hydrogen) atoms. The van der Waals surface area contributed by atoms with Crippen LogP contribution >= 0.6 is 22.9 Å². The number of hydrogen-bond donors (Lipinski definition) is 1. The highest BCUT2D eigenvalue weighted by molar-refractivity contribution is 7.19. The van der Waals surface area contributed by atoms with Crippen LogP contribution in [0.1, 0.15) is 12.6 Å². The summed E-state index contributed by atoms with van der Waals surface area (Å²) in [5, 5.41) is 2.86. The fourth-order valence-corrected chi connectivity index (χ4v) is 1.85. The third-order valence-electron chi connectivity index (χ3n) is 1.18. The van der Waals surface area contributed by atoms with Crippen LogP contribution < -0.4 is 5.32 Å². The second-order valence-corrected chi connectivity index (χ2v) is 3.77. The molecule has 0 amide bonds. The van der Waals surface area contributed by atoms with Crippen LogP contribution in [-0.2, 0) is 6.18 Å². The summed E-state index contributed by atoms with van der Waals surface area (Å²) in [7, 11) is 0. The van der Waals surface area contributed by atoms with Crippen molar-refractivity contribution in [1.82, 2.24) is 4.98 Å². The van der Waals surface area contributed by atoms with Crippen LogP contribution in [-0.4, -0.2) is 11.5 Å². The van der Waals surface area contributed by atoms with Gasteiger partial charge in [-0.25, -0.2) is 4.98 Å². The van der Waals surface area contributed by atoms with E-state index in [2.05, 4.69) is 10.3 Å². The van der Waals surface area contributed by atoms with Gasteiger partial charge in [-0.1, -0.05) is 22.9 Å². The molecule has 0 aliphatic rings. The first kappa shape index (κ1) is 10.6. The third kappa shape index (κ3) is 2.47. The van der Waals surface area contributed by atoms with Crippen molar-refractivity contribution in [3.63, 3.8) is 0 Å². The Labute approximate surface area is 81.7 Å². The molecule has 1 aromatic rings. The lowest BCUT2D eigenvalue weighted by molar-refractivity contribution is -0.140. The average molecular weight is 231 g/mol. The fourth-order valence-electron chi connectivity index (χ4n) is 0.703. The Kier molecular flexibility index (Phi) is 3.02. The van der Waals surface area contributed by atoms with Crippen LogP contribution in [0.4, 0.5) is 18.3 Å². The average Bonchev–Trinajstić information content (AvgIpc) is 2.30. The number of nitrogens with zero attached hydrogens (tertiary/aromatic N) is 1. The van der Waals surface area contributed by atoms with Gasteiger partial charge in [0.15, 0.2) is 10.8 Å². The maximum absolute atomic E-state index is 12.1. The van der Waals surface area contributed by atoms with Crippen molar-refractivity contribution in [2.24, 2.45) is 0 Å². The topological polar surface area (TPSA) is 24.9 Å². The van der Waals surface area contributed by atoms with Gasteiger partial charge < -0.3 is 5.32 Å². The van der Waals surface area contributed by atoms with E-state index in [0.717, 1.165) is 11.3 Å². The molecule has 0 unspecified atom stereocenters. The summed E-state index contributed by atoms with van der Waals surface area (Å²) >= 11 is 6.15. The molecule has 2 nitrogen and oxygen atoms in total. The molecule has 0 aliphatic heterocycles. The summed E-state index contributed by atoms with van der Waals surface area (Å²) in [5.74, 6) is 0. The maximum Gasteiger partial charge on any atom is 0.435 e. The molecule has 1 aromatic heterocycles. The van der Waals surface area contributed by atoms with Gasteiger partial charge in [0.25, 0.3) is 0 Å². The minimum absolute atomic E-state index is 0.194. The number of alkyl halides is 3. The Morgan fingerprint density at radius 3 is 2.54 bits per heavy atom. The van der Waals surface area contributed by atoms with E-state index < -0.39 is 11.9 Å². The molecule has 1 rings (SSSR count). The molecule has 1 heterocycles. The molecular weight excluding hydrogens is 225 g/mol. The van der Waals surface area contributed by atoms with Crippen molar-refractivity contribution >= 4 is 28.1 Å². The highest BCUT2D eigenvalue weighted by Gasteiger charge is 2.37. The molecule has 0 bridgehead atoms. The van der Waals surface area contributed by atoms with Gasteiger partial charge in [0.1, 0.15) is 4.34 Å². The summed E-state index contributed by atoms with van der Waals surface area (Å²) in [6.07, 6.45) is -4.47. The first-order valence-electron chi connectivity index (χ1n) is 3.42. The molecule has 1 N–H and O–H groups in total. The van der Waals surface area contributed by atoms with Crippen molar-refractivity contribution in [2.45, 2.75) is 13.1 Å². The lowest BCUT2D eigenvalue weighted by Crippen LogP contribution is -2.06. The Morgan fingerprint density at radius 2 is 2.15 bits per heavy atom. The Morgan fingerprint density at radius 1 is 1.54 bits per heavy atom. The number of halogens is 4. The van der Waals surface area contributed by atoms with Crippen LogP contribution in [0.2, 0.25) is 4.34 Å². The van der Waals surface area contributed by atoms with Gasteiger partial charge in [0.2, 0.25) is 0 Å². The van der Waals surface area contributed by atoms with E-state index in [4.69, 9.17) is 11.6 Å². The third-order valence-corrected chi connectivity index (χ3v) is 2.39. The lowest BCUT2D eigenvalue weighted by Gasteiger charge is -2.01. The number of nitrogens with one attached hydrogen (secondary N) is 1. The second-order valence-electron chi connectivity index (χ2n) is 2.17. The smallest absolute Gasteiger partial charge is 0.362 e. The van der Waals surface area contributed by atoms with Crippen LogP contribution in [0, 0.1) is 0 Å². The largest absolute Gasteiger partial charge is 0.435 e. The molecule has 0 aromatic carbocycles. The first-order chi connectivity index (χ1) is 5.95. The Balaban J connectivity index is 2.96. The summed E-state index contributed by atoms with van der Waals surface area (Å²) in [6.45, 7) is 2.28. The number of thiazole rings is 1. The van der Waals surface area contributed by atoms with Crippen molar-refractivity contribution in [1.29, 1.82) is 0 Å². The van der Waals surface area contributed by atoms with Gasteiger partial charge in [0, 0.05) is 6.54 Å². The quantitative estimate of drug-likeness (QED) is 0.844. The zero-order valence-corrected chi connectivity index (χ0v) is 8.15. The van der Waals surface area contributed by atoms with Crippen molar-refractivity contribution in [2.75, 3.05) is 11.9 Å². The van der Waals surface area contributed by atoms with Gasteiger partial charge in [0.05, 0.1) is 0 Å². The van der Waals surface area contributed by atoms with Crippen LogP contribution in [0.15, 0.2) is 0 Å². The summed E-state index contributed by atoms with van der Waals surface area (Å²) in [5.41, 5.74) is -1.02. The summed E-state index contributed by atoms with van der Waals surface area (Å²) in [4.78, 5) is 3.32. The molecule has 0 atom stereocenters. The number of rotatable bonds is 2. The Hall–Kier alpha value is -0.490. The highest BCUT2D eigenvalue weighted by atomic mass is 35.5. The minimum Gasteiger partial charge on any atom is -0.362 e. The van der Waals surface area contributed by atoms with Crippen molar-refractivity contribution in [3.05, 3.63) is 10.0 Å². The first-order valence-corrected chi connectivity index (χ1v) is 4.62. The molecule has 74 valence electrons. The summed E-state index contributed by atoms with van der Waals surface area (Å²) in [6, 6.07) is 0. The molecule has 0 saturated heterocycles. The van der Waals surface area contributed by atoms with E-state index in [1.54, 1.807) is 6.92 Å². The van der Waals surface area contributed by atoms with Gasteiger partial charge in [-0.15, -0.1) is 0 Å². The van der Waals surface area contributed by atoms with Crippen LogP contribution in [0.25, 0.3) is 0 Å². The van der Waals surface area contributed by atoms with Crippen molar-refractivity contribution < 1.29 is 13.2 Å². The fraction of sp³-hybridized carbons (Fsp3) is 0.500. The molecule has 0 fully saturated rings. The van der Waals surface area contributed by atoms with E-state index in [0.29, 0.717) is 6.54 Å². The lowest BCUT2D eigenvalue weighted by atomic mass is 10.5. The van der Waals surface area contributed by atoms with E-state index in [9.17, 15) is 13.2 Å².